The molecule has 31 heavy (non-hydrogen) atoms. The van der Waals surface area contributed by atoms with Gasteiger partial charge in [0.25, 0.3) is 0 Å². The Morgan fingerprint density at radius 3 is 2.77 bits per heavy atom. The predicted octanol–water partition coefficient (Wildman–Crippen LogP) is 4.51. The Kier molecular flexibility index (Phi) is 6.19. The van der Waals surface area contributed by atoms with E-state index in [4.69, 9.17) is 4.74 Å². The minimum absolute atomic E-state index is 0.0503. The Hall–Kier alpha value is -2.98. The van der Waals surface area contributed by atoms with Crippen LogP contribution in [0.2, 0.25) is 0 Å². The first-order valence-electron chi connectivity index (χ1n) is 9.63. The largest absolute Gasteiger partial charge is 0.488 e. The smallest absolute Gasteiger partial charge is 0.323 e. The molecule has 0 saturated carbocycles. The van der Waals surface area contributed by atoms with Gasteiger partial charge in [-0.3, -0.25) is 4.68 Å². The number of amides is 2. The topological polar surface area (TPSA) is 80.2 Å². The average molecular weight is 492 g/mol. The molecule has 0 aliphatic carbocycles. The molecule has 1 aliphatic rings. The van der Waals surface area contributed by atoms with Crippen LogP contribution in [0.3, 0.4) is 0 Å². The van der Waals surface area contributed by atoms with Gasteiger partial charge < -0.3 is 20.7 Å². The maximum absolute atomic E-state index is 13.8. The zero-order valence-corrected chi connectivity index (χ0v) is 18.2. The number of aryl methyl sites for hydroxylation is 1. The van der Waals surface area contributed by atoms with Crippen LogP contribution in [-0.4, -0.2) is 35.0 Å². The van der Waals surface area contributed by atoms with Gasteiger partial charge in [0.1, 0.15) is 23.5 Å². The fraction of sp³-hybridized carbons (Fsp3) is 0.238. The quantitative estimate of drug-likeness (QED) is 0.490. The lowest BCUT2D eigenvalue weighted by Crippen LogP contribution is -2.21. The minimum Gasteiger partial charge on any atom is -0.488 e. The number of carbonyl (C=O) groups excluding carboxylic acids is 1. The molecular formula is C21H20BrF2N5O2. The van der Waals surface area contributed by atoms with Crippen molar-refractivity contribution < 1.29 is 18.3 Å². The van der Waals surface area contributed by atoms with Gasteiger partial charge in [-0.2, -0.15) is 5.10 Å². The summed E-state index contributed by atoms with van der Waals surface area (Å²) in [7, 11) is 1.81. The van der Waals surface area contributed by atoms with Crippen LogP contribution in [0.15, 0.2) is 47.1 Å². The van der Waals surface area contributed by atoms with E-state index in [1.54, 1.807) is 29.1 Å². The maximum Gasteiger partial charge on any atom is 0.323 e. The minimum atomic E-state index is -0.858. The molecule has 2 aromatic carbocycles. The van der Waals surface area contributed by atoms with Gasteiger partial charge in [0.15, 0.2) is 0 Å². The molecule has 1 fully saturated rings. The first-order valence-corrected chi connectivity index (χ1v) is 10.4. The van der Waals surface area contributed by atoms with E-state index in [0.717, 1.165) is 47.4 Å². The van der Waals surface area contributed by atoms with E-state index in [9.17, 15) is 13.6 Å². The number of halogens is 3. The normalized spacial score (nSPS) is 15.7. The molecule has 1 atom stereocenters. The Morgan fingerprint density at radius 2 is 2.10 bits per heavy atom. The van der Waals surface area contributed by atoms with Crippen LogP contribution in [0.5, 0.6) is 5.75 Å². The number of urea groups is 1. The molecule has 0 bridgehead atoms. The van der Waals surface area contributed by atoms with E-state index < -0.39 is 17.7 Å². The van der Waals surface area contributed by atoms with Crippen LogP contribution in [-0.2, 0) is 7.05 Å². The van der Waals surface area contributed by atoms with Gasteiger partial charge >= 0.3 is 6.03 Å². The van der Waals surface area contributed by atoms with Crippen LogP contribution >= 0.6 is 15.9 Å². The Labute approximate surface area is 185 Å². The number of anilines is 2. The summed E-state index contributed by atoms with van der Waals surface area (Å²) in [5.74, 6) is -0.917. The summed E-state index contributed by atoms with van der Waals surface area (Å²) in [6.07, 6.45) is 2.63. The number of carbonyl (C=O) groups is 1. The second-order valence-electron chi connectivity index (χ2n) is 7.11. The van der Waals surface area contributed by atoms with Crippen LogP contribution in [0.25, 0.3) is 11.3 Å². The molecule has 3 N–H and O–H groups in total. The van der Waals surface area contributed by atoms with E-state index in [-0.39, 0.29) is 11.8 Å². The molecule has 2 amide bonds. The van der Waals surface area contributed by atoms with E-state index >= 15 is 0 Å². The van der Waals surface area contributed by atoms with Gasteiger partial charge in [0.05, 0.1) is 22.1 Å². The van der Waals surface area contributed by atoms with Gasteiger partial charge in [-0.15, -0.1) is 0 Å². The van der Waals surface area contributed by atoms with Gasteiger partial charge in [-0.1, -0.05) is 0 Å². The highest BCUT2D eigenvalue weighted by molar-refractivity contribution is 9.10. The molecule has 3 aromatic rings. The van der Waals surface area contributed by atoms with Crippen molar-refractivity contribution in [1.82, 2.24) is 15.1 Å². The molecule has 1 saturated heterocycles. The zero-order chi connectivity index (χ0) is 22.0. The van der Waals surface area contributed by atoms with Crippen molar-refractivity contribution in [2.45, 2.75) is 12.5 Å². The molecule has 2 heterocycles. The standard InChI is InChI=1S/C21H20BrF2N5O2/c1-29-20(16(22)11-26-29)15-9-13(3-5-19(15)31-14-6-7-25-10-14)27-21(30)28-18-4-2-12(23)8-17(18)24/h2-5,8-9,11,14,25H,6-7,10H2,1H3,(H2,27,28,30)/t14-/m1/s1. The summed E-state index contributed by atoms with van der Waals surface area (Å²) in [4.78, 5) is 12.4. The Morgan fingerprint density at radius 1 is 1.26 bits per heavy atom. The van der Waals surface area contributed by atoms with Gasteiger partial charge in [-0.25, -0.2) is 13.6 Å². The van der Waals surface area contributed by atoms with Gasteiger partial charge in [0, 0.05) is 30.9 Å². The third kappa shape index (κ3) is 4.86. The summed E-state index contributed by atoms with van der Waals surface area (Å²) >= 11 is 3.51. The number of rotatable bonds is 5. The number of hydrogen-bond acceptors (Lipinski definition) is 4. The summed E-state index contributed by atoms with van der Waals surface area (Å²) < 4.78 is 35.5. The predicted molar refractivity (Wildman–Crippen MR) is 117 cm³/mol. The molecule has 0 spiro atoms. The summed E-state index contributed by atoms with van der Waals surface area (Å²) in [5.41, 5.74) is 1.88. The number of nitrogens with one attached hydrogen (secondary N) is 3. The number of hydrogen-bond donors (Lipinski definition) is 3. The molecule has 1 aliphatic heterocycles. The number of ether oxygens (including phenoxy) is 1. The third-order valence-electron chi connectivity index (χ3n) is 4.87. The molecule has 7 nitrogen and oxygen atoms in total. The van der Waals surface area contributed by atoms with Crippen LogP contribution < -0.4 is 20.7 Å². The summed E-state index contributed by atoms with van der Waals surface area (Å²) in [5, 5.41) is 12.6. The fourth-order valence-electron chi connectivity index (χ4n) is 3.39. The number of aromatic nitrogens is 2. The van der Waals surface area contributed by atoms with E-state index in [0.29, 0.717) is 17.5 Å². The second-order valence-corrected chi connectivity index (χ2v) is 7.97. The highest BCUT2D eigenvalue weighted by atomic mass is 79.9. The molecule has 162 valence electrons. The summed E-state index contributed by atoms with van der Waals surface area (Å²) in [6.45, 7) is 1.66. The van der Waals surface area contributed by atoms with Crippen LogP contribution in [0, 0.1) is 11.6 Å². The highest BCUT2D eigenvalue weighted by Gasteiger charge is 2.21. The van der Waals surface area contributed by atoms with E-state index in [1.165, 1.54) is 0 Å². The summed E-state index contributed by atoms with van der Waals surface area (Å²) in [6, 6.07) is 7.52. The van der Waals surface area contributed by atoms with Crippen molar-refractivity contribution in [1.29, 1.82) is 0 Å². The molecule has 10 heteroatoms. The molecule has 0 radical (unpaired) electrons. The number of nitrogens with zero attached hydrogens (tertiary/aromatic N) is 2. The first kappa shape index (κ1) is 21.3. The fourth-order valence-corrected chi connectivity index (χ4v) is 3.95. The van der Waals surface area contributed by atoms with Crippen molar-refractivity contribution in [3.05, 3.63) is 58.7 Å². The van der Waals surface area contributed by atoms with Crippen molar-refractivity contribution >= 4 is 33.3 Å². The maximum atomic E-state index is 13.8. The van der Waals surface area contributed by atoms with E-state index in [2.05, 4.69) is 37.0 Å². The zero-order valence-electron chi connectivity index (χ0n) is 16.6. The SMILES string of the molecule is Cn1ncc(Br)c1-c1cc(NC(=O)Nc2ccc(F)cc2F)ccc1O[C@@H]1CCNC1. The van der Waals surface area contributed by atoms with Crippen LogP contribution in [0.1, 0.15) is 6.42 Å². The van der Waals surface area contributed by atoms with Gasteiger partial charge in [0.2, 0.25) is 0 Å². The Balaban J connectivity index is 1.59. The highest BCUT2D eigenvalue weighted by Crippen LogP contribution is 2.37. The second kappa shape index (κ2) is 9.03. The molecule has 1 aromatic heterocycles. The van der Waals surface area contributed by atoms with Crippen molar-refractivity contribution in [2.24, 2.45) is 7.05 Å². The molecule has 4 rings (SSSR count). The molecule has 0 unspecified atom stereocenters. The number of benzene rings is 2. The Bertz CT molecular complexity index is 1100. The monoisotopic (exact) mass is 491 g/mol. The third-order valence-corrected chi connectivity index (χ3v) is 5.46. The van der Waals surface area contributed by atoms with Gasteiger partial charge in [-0.05, 0) is 59.2 Å². The molecular weight excluding hydrogens is 472 g/mol. The lowest BCUT2D eigenvalue weighted by atomic mass is 10.1. The van der Waals surface area contributed by atoms with Crippen molar-refractivity contribution in [3.8, 4) is 17.0 Å². The first-order chi connectivity index (χ1) is 14.9. The lowest BCUT2D eigenvalue weighted by Gasteiger charge is -2.18. The van der Waals surface area contributed by atoms with Crippen LogP contribution in [0.4, 0.5) is 25.0 Å². The average Bonchev–Trinajstić information content (AvgIpc) is 3.35. The van der Waals surface area contributed by atoms with E-state index in [1.807, 2.05) is 7.05 Å². The van der Waals surface area contributed by atoms with Crippen molar-refractivity contribution in [3.63, 3.8) is 0 Å². The lowest BCUT2D eigenvalue weighted by molar-refractivity contribution is 0.224. The van der Waals surface area contributed by atoms with Crippen molar-refractivity contribution in [2.75, 3.05) is 23.7 Å².